The van der Waals surface area contributed by atoms with Gasteiger partial charge in [-0.15, -0.1) is 0 Å². The van der Waals surface area contributed by atoms with E-state index < -0.39 is 5.41 Å². The average Bonchev–Trinajstić information content (AvgIpc) is 2.57. The molecule has 0 saturated carbocycles. The number of nitrogens with one attached hydrogen (secondary N) is 1. The highest BCUT2D eigenvalue weighted by Gasteiger charge is 2.38. The van der Waals surface area contributed by atoms with E-state index in [2.05, 4.69) is 5.32 Å². The van der Waals surface area contributed by atoms with Gasteiger partial charge in [0.1, 0.15) is 5.41 Å². The van der Waals surface area contributed by atoms with Crippen LogP contribution in [0.3, 0.4) is 0 Å². The van der Waals surface area contributed by atoms with Gasteiger partial charge in [-0.1, -0.05) is 30.3 Å². The summed E-state index contributed by atoms with van der Waals surface area (Å²) >= 11 is 0. The van der Waals surface area contributed by atoms with E-state index in [9.17, 15) is 9.59 Å². The first-order valence-corrected chi connectivity index (χ1v) is 7.95. The Hall–Kier alpha value is -2.62. The molecule has 0 aromatic heterocycles. The van der Waals surface area contributed by atoms with Crippen LogP contribution < -0.4 is 10.2 Å². The highest BCUT2D eigenvalue weighted by Crippen LogP contribution is 2.26. The number of carbonyl (C=O) groups excluding carboxylic acids is 2. The van der Waals surface area contributed by atoms with Gasteiger partial charge in [-0.25, -0.2) is 0 Å². The van der Waals surface area contributed by atoms with Crippen LogP contribution >= 0.6 is 0 Å². The van der Waals surface area contributed by atoms with E-state index >= 15 is 0 Å². The summed E-state index contributed by atoms with van der Waals surface area (Å²) in [6.07, 6.45) is 0. The molecule has 0 aliphatic heterocycles. The quantitative estimate of drug-likeness (QED) is 0.866. The van der Waals surface area contributed by atoms with E-state index in [1.165, 1.54) is 4.90 Å². The first kappa shape index (κ1) is 17.7. The van der Waals surface area contributed by atoms with Crippen molar-refractivity contribution in [2.24, 2.45) is 5.41 Å². The van der Waals surface area contributed by atoms with Crippen molar-refractivity contribution in [1.82, 2.24) is 0 Å². The first-order valence-electron chi connectivity index (χ1n) is 7.95. The number of anilines is 2. The van der Waals surface area contributed by atoms with Gasteiger partial charge in [0, 0.05) is 18.4 Å². The van der Waals surface area contributed by atoms with Gasteiger partial charge < -0.3 is 10.2 Å². The van der Waals surface area contributed by atoms with Crippen LogP contribution in [0.1, 0.15) is 25.0 Å². The van der Waals surface area contributed by atoms with Gasteiger partial charge in [-0.3, -0.25) is 9.59 Å². The van der Waals surface area contributed by atoms with E-state index in [-0.39, 0.29) is 11.8 Å². The summed E-state index contributed by atoms with van der Waals surface area (Å²) < 4.78 is 0. The monoisotopic (exact) mass is 324 g/mol. The molecule has 126 valence electrons. The molecule has 0 atom stereocenters. The van der Waals surface area contributed by atoms with Gasteiger partial charge in [-0.2, -0.15) is 0 Å². The summed E-state index contributed by atoms with van der Waals surface area (Å²) in [6, 6.07) is 15.2. The lowest BCUT2D eigenvalue weighted by Gasteiger charge is -2.28. The van der Waals surface area contributed by atoms with Gasteiger partial charge in [0.15, 0.2) is 0 Å². The highest BCUT2D eigenvalue weighted by atomic mass is 16.2. The minimum absolute atomic E-state index is 0.253. The summed E-state index contributed by atoms with van der Waals surface area (Å²) in [6.45, 7) is 7.19. The number of nitrogens with zero attached hydrogens (tertiary/aromatic N) is 1. The molecule has 0 heterocycles. The number of hydrogen-bond donors (Lipinski definition) is 1. The zero-order valence-electron chi connectivity index (χ0n) is 14.9. The lowest BCUT2D eigenvalue weighted by Crippen LogP contribution is -2.46. The van der Waals surface area contributed by atoms with Crippen LogP contribution in [-0.2, 0) is 9.59 Å². The summed E-state index contributed by atoms with van der Waals surface area (Å²) in [5, 5.41) is 2.89. The molecule has 2 amide bonds. The third-order valence-electron chi connectivity index (χ3n) is 4.19. The molecule has 2 rings (SSSR count). The lowest BCUT2D eigenvalue weighted by molar-refractivity contribution is -0.136. The number of aryl methyl sites for hydroxylation is 2. The molecule has 0 aliphatic carbocycles. The topological polar surface area (TPSA) is 49.4 Å². The Kier molecular flexibility index (Phi) is 5.07. The molecule has 0 saturated heterocycles. The molecule has 4 nitrogen and oxygen atoms in total. The van der Waals surface area contributed by atoms with Gasteiger partial charge in [0.25, 0.3) is 0 Å². The standard InChI is InChI=1S/C20H24N2O2/c1-14-11-12-15(2)17(13-14)21-18(23)20(3,4)19(24)22(5)16-9-7-6-8-10-16/h6-13H,1-5H3,(H,21,23). The molecule has 4 heteroatoms. The maximum atomic E-state index is 12.8. The average molecular weight is 324 g/mol. The highest BCUT2D eigenvalue weighted by molar-refractivity contribution is 6.14. The Morgan fingerprint density at radius 2 is 1.62 bits per heavy atom. The molecule has 0 unspecified atom stereocenters. The minimum atomic E-state index is -1.18. The van der Waals surface area contributed by atoms with Crippen LogP contribution in [0.2, 0.25) is 0 Å². The van der Waals surface area contributed by atoms with Gasteiger partial charge in [0.2, 0.25) is 11.8 Å². The molecule has 0 aliphatic rings. The fraction of sp³-hybridized carbons (Fsp3) is 0.300. The summed E-state index contributed by atoms with van der Waals surface area (Å²) in [5.74, 6) is -0.569. The third kappa shape index (κ3) is 3.65. The molecule has 2 aromatic carbocycles. The van der Waals surface area contributed by atoms with Crippen LogP contribution in [0, 0.1) is 19.3 Å². The predicted molar refractivity (Wildman–Crippen MR) is 98.2 cm³/mol. The number of para-hydroxylation sites is 1. The third-order valence-corrected chi connectivity index (χ3v) is 4.19. The number of hydrogen-bond acceptors (Lipinski definition) is 2. The Morgan fingerprint density at radius 3 is 2.25 bits per heavy atom. The smallest absolute Gasteiger partial charge is 0.241 e. The fourth-order valence-corrected chi connectivity index (χ4v) is 2.43. The molecule has 2 aromatic rings. The predicted octanol–water partition coefficient (Wildman–Crippen LogP) is 3.93. The van der Waals surface area contributed by atoms with Crippen molar-refractivity contribution in [3.05, 3.63) is 59.7 Å². The fourth-order valence-electron chi connectivity index (χ4n) is 2.43. The summed E-state index contributed by atoms with van der Waals surface area (Å²) in [5.41, 5.74) is 2.34. The van der Waals surface area contributed by atoms with Crippen molar-refractivity contribution in [3.8, 4) is 0 Å². The first-order chi connectivity index (χ1) is 11.2. The Labute approximate surface area is 143 Å². The van der Waals surface area contributed by atoms with Gasteiger partial charge >= 0.3 is 0 Å². The van der Waals surface area contributed by atoms with Crippen LogP contribution in [0.25, 0.3) is 0 Å². The Morgan fingerprint density at radius 1 is 1.00 bits per heavy atom. The largest absolute Gasteiger partial charge is 0.325 e. The van der Waals surface area contributed by atoms with Crippen molar-refractivity contribution in [1.29, 1.82) is 0 Å². The number of benzene rings is 2. The Balaban J connectivity index is 2.20. The van der Waals surface area contributed by atoms with Crippen molar-refractivity contribution in [2.75, 3.05) is 17.3 Å². The van der Waals surface area contributed by atoms with E-state index in [0.29, 0.717) is 0 Å². The molecule has 1 N–H and O–H groups in total. The second-order valence-electron chi connectivity index (χ2n) is 6.60. The van der Waals surface area contributed by atoms with Crippen molar-refractivity contribution in [2.45, 2.75) is 27.7 Å². The normalized spacial score (nSPS) is 11.0. The molecule has 0 bridgehead atoms. The second kappa shape index (κ2) is 6.87. The van der Waals surface area contributed by atoms with Crippen LogP contribution in [0.5, 0.6) is 0 Å². The maximum Gasteiger partial charge on any atom is 0.241 e. The molecule has 0 spiro atoms. The van der Waals surface area contributed by atoms with Crippen molar-refractivity contribution < 1.29 is 9.59 Å². The number of amides is 2. The number of rotatable bonds is 4. The van der Waals surface area contributed by atoms with Crippen LogP contribution in [0.4, 0.5) is 11.4 Å². The number of carbonyl (C=O) groups is 2. The molecular formula is C20H24N2O2. The zero-order valence-corrected chi connectivity index (χ0v) is 14.9. The van der Waals surface area contributed by atoms with Gasteiger partial charge in [0.05, 0.1) is 0 Å². The van der Waals surface area contributed by atoms with E-state index in [1.54, 1.807) is 20.9 Å². The molecule has 0 radical (unpaired) electrons. The van der Waals surface area contributed by atoms with E-state index in [0.717, 1.165) is 22.5 Å². The van der Waals surface area contributed by atoms with E-state index in [1.807, 2.05) is 62.4 Å². The molecular weight excluding hydrogens is 300 g/mol. The lowest BCUT2D eigenvalue weighted by atomic mass is 9.90. The minimum Gasteiger partial charge on any atom is -0.325 e. The van der Waals surface area contributed by atoms with Gasteiger partial charge in [-0.05, 0) is 57.0 Å². The van der Waals surface area contributed by atoms with Crippen LogP contribution in [-0.4, -0.2) is 18.9 Å². The van der Waals surface area contributed by atoms with Crippen molar-refractivity contribution >= 4 is 23.2 Å². The zero-order chi connectivity index (χ0) is 17.9. The summed E-state index contributed by atoms with van der Waals surface area (Å²) in [4.78, 5) is 27.0. The van der Waals surface area contributed by atoms with E-state index in [4.69, 9.17) is 0 Å². The van der Waals surface area contributed by atoms with Crippen LogP contribution in [0.15, 0.2) is 48.5 Å². The summed E-state index contributed by atoms with van der Waals surface area (Å²) in [7, 11) is 1.69. The maximum absolute atomic E-state index is 12.8. The second-order valence-corrected chi connectivity index (χ2v) is 6.60. The Bertz CT molecular complexity index is 751. The van der Waals surface area contributed by atoms with Crippen molar-refractivity contribution in [3.63, 3.8) is 0 Å². The SMILES string of the molecule is Cc1ccc(C)c(NC(=O)C(C)(C)C(=O)N(C)c2ccccc2)c1. The molecule has 24 heavy (non-hydrogen) atoms. The molecule has 0 fully saturated rings.